The number of hydrogen-bond acceptors (Lipinski definition) is 3. The first-order chi connectivity index (χ1) is 14.1. The third-order valence-electron chi connectivity index (χ3n) is 5.94. The van der Waals surface area contributed by atoms with Crippen molar-refractivity contribution in [1.29, 1.82) is 0 Å². The number of carbonyl (C=O) groups excluding carboxylic acids is 1. The lowest BCUT2D eigenvalue weighted by atomic mass is 10.0. The molecule has 0 fully saturated rings. The van der Waals surface area contributed by atoms with Gasteiger partial charge in [0.25, 0.3) is 5.69 Å². The molecule has 1 aromatic rings. The number of fused-ring (bicyclic) bond motifs is 1. The topological polar surface area (TPSA) is 63.5 Å². The molecule has 0 radical (unpaired) electrons. The maximum absolute atomic E-state index is 12.2. The second-order valence-corrected chi connectivity index (χ2v) is 8.39. The Bertz CT molecular complexity index is 645. The van der Waals surface area contributed by atoms with E-state index in [1.807, 2.05) is 0 Å². The van der Waals surface area contributed by atoms with Gasteiger partial charge in [-0.05, 0) is 18.1 Å². The highest BCUT2D eigenvalue weighted by Crippen LogP contribution is 2.32. The highest BCUT2D eigenvalue weighted by atomic mass is 16.6. The molecule has 0 aliphatic carbocycles. The van der Waals surface area contributed by atoms with Gasteiger partial charge in [0.15, 0.2) is 0 Å². The SMILES string of the molecule is CCCCCCCCCCCCCCCCN1C(=O)Cc2cc([N+](=O)[O-])ccc21. The first-order valence-electron chi connectivity index (χ1n) is 11.7. The maximum atomic E-state index is 12.2. The van der Waals surface area contributed by atoms with E-state index in [1.165, 1.54) is 83.1 Å². The predicted octanol–water partition coefficient (Wildman–Crippen LogP) is 6.97. The zero-order chi connectivity index (χ0) is 20.9. The summed E-state index contributed by atoms with van der Waals surface area (Å²) in [6.45, 7) is 2.99. The van der Waals surface area contributed by atoms with Crippen molar-refractivity contribution in [2.45, 2.75) is 103 Å². The number of nitrogens with zero attached hydrogens (tertiary/aromatic N) is 2. The second-order valence-electron chi connectivity index (χ2n) is 8.39. The van der Waals surface area contributed by atoms with E-state index in [-0.39, 0.29) is 18.0 Å². The molecular weight excluding hydrogens is 364 g/mol. The Morgan fingerprint density at radius 3 is 1.90 bits per heavy atom. The molecule has 0 spiro atoms. The van der Waals surface area contributed by atoms with Gasteiger partial charge in [-0.3, -0.25) is 14.9 Å². The molecule has 0 aromatic heterocycles. The minimum absolute atomic E-state index is 0.0647. The minimum atomic E-state index is -0.402. The Morgan fingerprint density at radius 1 is 0.862 bits per heavy atom. The summed E-state index contributed by atoms with van der Waals surface area (Å²) in [7, 11) is 0. The van der Waals surface area contributed by atoms with Crippen molar-refractivity contribution < 1.29 is 9.72 Å². The molecule has 29 heavy (non-hydrogen) atoms. The maximum Gasteiger partial charge on any atom is 0.269 e. The van der Waals surface area contributed by atoms with E-state index in [4.69, 9.17) is 0 Å². The van der Waals surface area contributed by atoms with Crippen molar-refractivity contribution in [2.75, 3.05) is 11.4 Å². The largest absolute Gasteiger partial charge is 0.312 e. The van der Waals surface area contributed by atoms with E-state index in [0.717, 1.165) is 30.6 Å². The molecule has 0 bridgehead atoms. The molecule has 5 heteroatoms. The van der Waals surface area contributed by atoms with Crippen molar-refractivity contribution >= 4 is 17.3 Å². The molecule has 0 atom stereocenters. The summed E-state index contributed by atoms with van der Waals surface area (Å²) in [6.07, 6.45) is 18.7. The quantitative estimate of drug-likeness (QED) is 0.170. The summed E-state index contributed by atoms with van der Waals surface area (Å²) in [6, 6.07) is 4.76. The zero-order valence-corrected chi connectivity index (χ0v) is 18.2. The number of benzene rings is 1. The Labute approximate surface area is 176 Å². The van der Waals surface area contributed by atoms with Gasteiger partial charge in [-0.2, -0.15) is 0 Å². The van der Waals surface area contributed by atoms with Crippen LogP contribution < -0.4 is 4.90 Å². The van der Waals surface area contributed by atoms with Gasteiger partial charge >= 0.3 is 0 Å². The van der Waals surface area contributed by atoms with E-state index in [9.17, 15) is 14.9 Å². The van der Waals surface area contributed by atoms with Crippen LogP contribution in [0, 0.1) is 10.1 Å². The minimum Gasteiger partial charge on any atom is -0.312 e. The standard InChI is InChI=1S/C24H38N2O3/c1-2-3-4-5-6-7-8-9-10-11-12-13-14-15-18-25-23-17-16-22(26(28)29)19-21(23)20-24(25)27/h16-17,19H,2-15,18,20H2,1H3. The van der Waals surface area contributed by atoms with E-state index in [0.29, 0.717) is 0 Å². The fourth-order valence-corrected chi connectivity index (χ4v) is 4.19. The van der Waals surface area contributed by atoms with Crippen LogP contribution in [-0.4, -0.2) is 17.4 Å². The number of unbranched alkanes of at least 4 members (excludes halogenated alkanes) is 13. The van der Waals surface area contributed by atoms with E-state index >= 15 is 0 Å². The number of non-ortho nitro benzene ring substituents is 1. The summed E-state index contributed by atoms with van der Waals surface area (Å²) in [5.74, 6) is 0.0650. The molecule has 1 amide bonds. The molecule has 5 nitrogen and oxygen atoms in total. The lowest BCUT2D eigenvalue weighted by molar-refractivity contribution is -0.384. The molecule has 0 saturated heterocycles. The second kappa shape index (κ2) is 13.3. The van der Waals surface area contributed by atoms with Crippen LogP contribution >= 0.6 is 0 Å². The zero-order valence-electron chi connectivity index (χ0n) is 18.2. The number of carbonyl (C=O) groups is 1. The molecular formula is C24H38N2O3. The van der Waals surface area contributed by atoms with Crippen molar-refractivity contribution in [3.8, 4) is 0 Å². The van der Waals surface area contributed by atoms with Gasteiger partial charge in [0.05, 0.1) is 11.3 Å². The molecule has 0 unspecified atom stereocenters. The summed E-state index contributed by atoms with van der Waals surface area (Å²) in [5.41, 5.74) is 1.71. The number of nitro groups is 1. The summed E-state index contributed by atoms with van der Waals surface area (Å²) in [5, 5.41) is 10.9. The van der Waals surface area contributed by atoms with Crippen LogP contribution in [0.3, 0.4) is 0 Å². The highest BCUT2D eigenvalue weighted by molar-refractivity contribution is 6.01. The first-order valence-corrected chi connectivity index (χ1v) is 11.7. The number of nitro benzene ring substituents is 1. The summed E-state index contributed by atoms with van der Waals surface area (Å²) < 4.78 is 0. The van der Waals surface area contributed by atoms with Crippen LogP contribution in [0.5, 0.6) is 0 Å². The van der Waals surface area contributed by atoms with Crippen LogP contribution in [-0.2, 0) is 11.2 Å². The number of amides is 1. The van der Waals surface area contributed by atoms with E-state index in [1.54, 1.807) is 17.0 Å². The van der Waals surface area contributed by atoms with Gasteiger partial charge in [-0.15, -0.1) is 0 Å². The third-order valence-corrected chi connectivity index (χ3v) is 5.94. The van der Waals surface area contributed by atoms with E-state index in [2.05, 4.69) is 6.92 Å². The van der Waals surface area contributed by atoms with Crippen LogP contribution in [0.4, 0.5) is 11.4 Å². The van der Waals surface area contributed by atoms with Gasteiger partial charge in [-0.1, -0.05) is 90.4 Å². The highest BCUT2D eigenvalue weighted by Gasteiger charge is 2.28. The predicted molar refractivity (Wildman–Crippen MR) is 119 cm³/mol. The average molecular weight is 403 g/mol. The Morgan fingerprint density at radius 2 is 1.38 bits per heavy atom. The lowest BCUT2D eigenvalue weighted by Gasteiger charge is -2.17. The average Bonchev–Trinajstić information content (AvgIpc) is 3.02. The van der Waals surface area contributed by atoms with E-state index < -0.39 is 4.92 Å². The van der Waals surface area contributed by atoms with Gasteiger partial charge in [0, 0.05) is 24.4 Å². The van der Waals surface area contributed by atoms with Crippen molar-refractivity contribution in [1.82, 2.24) is 0 Å². The van der Waals surface area contributed by atoms with Crippen molar-refractivity contribution in [3.63, 3.8) is 0 Å². The van der Waals surface area contributed by atoms with Gasteiger partial charge in [-0.25, -0.2) is 0 Å². The molecule has 1 aliphatic rings. The number of anilines is 1. The Balaban J connectivity index is 1.49. The molecule has 2 rings (SSSR count). The number of rotatable bonds is 16. The molecule has 1 heterocycles. The third kappa shape index (κ3) is 8.15. The fraction of sp³-hybridized carbons (Fsp3) is 0.708. The Hall–Kier alpha value is -1.91. The molecule has 0 N–H and O–H groups in total. The summed E-state index contributed by atoms with van der Waals surface area (Å²) >= 11 is 0. The van der Waals surface area contributed by atoms with Crippen LogP contribution in [0.2, 0.25) is 0 Å². The van der Waals surface area contributed by atoms with Crippen LogP contribution in [0.15, 0.2) is 18.2 Å². The number of hydrogen-bond donors (Lipinski definition) is 0. The normalized spacial score (nSPS) is 13.1. The first kappa shape index (κ1) is 23.4. The van der Waals surface area contributed by atoms with Gasteiger partial charge in [0.1, 0.15) is 0 Å². The van der Waals surface area contributed by atoms with Crippen molar-refractivity contribution in [2.24, 2.45) is 0 Å². The smallest absolute Gasteiger partial charge is 0.269 e. The molecule has 0 saturated carbocycles. The van der Waals surface area contributed by atoms with Gasteiger partial charge in [0.2, 0.25) is 5.91 Å². The van der Waals surface area contributed by atoms with Gasteiger partial charge < -0.3 is 4.90 Å². The monoisotopic (exact) mass is 402 g/mol. The molecule has 162 valence electrons. The Kier molecular flexibility index (Phi) is 10.7. The van der Waals surface area contributed by atoms with Crippen molar-refractivity contribution in [3.05, 3.63) is 33.9 Å². The fourth-order valence-electron chi connectivity index (χ4n) is 4.19. The lowest BCUT2D eigenvalue weighted by Crippen LogP contribution is -2.27. The van der Waals surface area contributed by atoms with Crippen LogP contribution in [0.1, 0.15) is 102 Å². The molecule has 1 aromatic carbocycles. The van der Waals surface area contributed by atoms with Crippen LogP contribution in [0.25, 0.3) is 0 Å². The summed E-state index contributed by atoms with van der Waals surface area (Å²) in [4.78, 5) is 24.5. The molecule has 1 aliphatic heterocycles.